The maximum atomic E-state index is 12.2. The second kappa shape index (κ2) is 11.9. The van der Waals surface area contributed by atoms with Crippen LogP contribution in [0.15, 0.2) is 53.5 Å². The number of likely N-dealkylation sites (tertiary alicyclic amines) is 1. The van der Waals surface area contributed by atoms with Gasteiger partial charge in [0.15, 0.2) is 5.96 Å². The Bertz CT molecular complexity index is 822. The van der Waals surface area contributed by atoms with Gasteiger partial charge in [0.1, 0.15) is 0 Å². The van der Waals surface area contributed by atoms with Crippen LogP contribution in [0.4, 0.5) is 10.5 Å². The number of rotatable bonds is 5. The molecule has 1 aliphatic rings. The van der Waals surface area contributed by atoms with Gasteiger partial charge < -0.3 is 20.9 Å². The molecule has 1 heterocycles. The minimum Gasteiger partial charge on any atom is -0.352 e. The lowest BCUT2D eigenvalue weighted by atomic mass is 10.2. The highest BCUT2D eigenvalue weighted by Crippen LogP contribution is 2.14. The first-order valence-electron chi connectivity index (χ1n) is 9.48. The average molecular weight is 528 g/mol. The van der Waals surface area contributed by atoms with Crippen molar-refractivity contribution in [2.75, 3.05) is 25.5 Å². The standard InChI is InChI=1S/C21H26ClN5O.HI/c1-23-20(24-14-16-7-9-18(22)10-8-16)25-15-17-5-4-6-19(13-17)26-21(28)27-11-2-3-12-27;/h4-10,13H,2-3,11-12,14-15H2,1H3,(H,26,28)(H2,23,24,25);1H. The Labute approximate surface area is 194 Å². The van der Waals surface area contributed by atoms with Crippen LogP contribution in [-0.2, 0) is 13.1 Å². The minimum absolute atomic E-state index is 0. The third kappa shape index (κ3) is 7.40. The van der Waals surface area contributed by atoms with Gasteiger partial charge in [0.25, 0.3) is 0 Å². The van der Waals surface area contributed by atoms with Crippen molar-refractivity contribution in [3.8, 4) is 0 Å². The van der Waals surface area contributed by atoms with Crippen LogP contribution in [0.5, 0.6) is 0 Å². The number of aliphatic imine (C=N–C) groups is 1. The summed E-state index contributed by atoms with van der Waals surface area (Å²) >= 11 is 5.91. The lowest BCUT2D eigenvalue weighted by Gasteiger charge is -2.17. The molecule has 0 atom stereocenters. The zero-order valence-electron chi connectivity index (χ0n) is 16.5. The van der Waals surface area contributed by atoms with Gasteiger partial charge in [-0.1, -0.05) is 35.9 Å². The molecule has 1 fully saturated rings. The molecular formula is C21H27ClIN5O. The number of amides is 2. The fraction of sp³-hybridized carbons (Fsp3) is 0.333. The normalized spacial score (nSPS) is 13.6. The van der Waals surface area contributed by atoms with E-state index in [1.165, 1.54) is 0 Å². The van der Waals surface area contributed by atoms with E-state index in [0.29, 0.717) is 19.0 Å². The van der Waals surface area contributed by atoms with E-state index in [2.05, 4.69) is 20.9 Å². The van der Waals surface area contributed by atoms with Crippen LogP contribution in [-0.4, -0.2) is 37.0 Å². The Morgan fingerprint density at radius 1 is 1.03 bits per heavy atom. The summed E-state index contributed by atoms with van der Waals surface area (Å²) in [6, 6.07) is 15.5. The summed E-state index contributed by atoms with van der Waals surface area (Å²) in [5, 5.41) is 10.3. The van der Waals surface area contributed by atoms with Crippen LogP contribution in [0.25, 0.3) is 0 Å². The third-order valence-electron chi connectivity index (χ3n) is 4.63. The summed E-state index contributed by atoms with van der Waals surface area (Å²) in [6.07, 6.45) is 2.17. The first kappa shape index (κ1) is 23.3. The molecule has 0 aliphatic carbocycles. The second-order valence-electron chi connectivity index (χ2n) is 6.73. The van der Waals surface area contributed by atoms with Crippen LogP contribution < -0.4 is 16.0 Å². The number of anilines is 1. The summed E-state index contributed by atoms with van der Waals surface area (Å²) in [5.41, 5.74) is 2.99. The fourth-order valence-electron chi connectivity index (χ4n) is 3.08. The Hall–Kier alpha value is -2.00. The lowest BCUT2D eigenvalue weighted by molar-refractivity contribution is 0.222. The van der Waals surface area contributed by atoms with E-state index in [4.69, 9.17) is 11.6 Å². The van der Waals surface area contributed by atoms with Crippen molar-refractivity contribution < 1.29 is 4.79 Å². The molecule has 29 heavy (non-hydrogen) atoms. The van der Waals surface area contributed by atoms with Gasteiger partial charge in [0, 0.05) is 43.9 Å². The molecule has 1 saturated heterocycles. The van der Waals surface area contributed by atoms with Crippen molar-refractivity contribution in [2.45, 2.75) is 25.9 Å². The topological polar surface area (TPSA) is 68.8 Å². The molecular weight excluding hydrogens is 501 g/mol. The lowest BCUT2D eigenvalue weighted by Crippen LogP contribution is -2.36. The zero-order chi connectivity index (χ0) is 19.8. The maximum Gasteiger partial charge on any atom is 0.321 e. The summed E-state index contributed by atoms with van der Waals surface area (Å²) in [5.74, 6) is 0.710. The Morgan fingerprint density at radius 3 is 2.34 bits per heavy atom. The van der Waals surface area contributed by atoms with E-state index < -0.39 is 0 Å². The fourth-order valence-corrected chi connectivity index (χ4v) is 3.20. The number of carbonyl (C=O) groups excluding carboxylic acids is 1. The SMILES string of the molecule is CN=C(NCc1ccc(Cl)cc1)NCc1cccc(NC(=O)N2CCCC2)c1.I. The number of guanidine groups is 1. The molecule has 6 nitrogen and oxygen atoms in total. The third-order valence-corrected chi connectivity index (χ3v) is 4.88. The predicted octanol–water partition coefficient (Wildman–Crippen LogP) is 4.45. The van der Waals surface area contributed by atoms with Gasteiger partial charge in [-0.2, -0.15) is 0 Å². The highest BCUT2D eigenvalue weighted by molar-refractivity contribution is 14.0. The summed E-state index contributed by atoms with van der Waals surface area (Å²) in [7, 11) is 1.74. The molecule has 3 rings (SSSR count). The number of hydrogen-bond donors (Lipinski definition) is 3. The highest BCUT2D eigenvalue weighted by atomic mass is 127. The molecule has 2 aromatic rings. The number of hydrogen-bond acceptors (Lipinski definition) is 2. The Balaban J connectivity index is 0.00000300. The van der Waals surface area contributed by atoms with Crippen LogP contribution >= 0.6 is 35.6 Å². The molecule has 2 aromatic carbocycles. The van der Waals surface area contributed by atoms with E-state index in [9.17, 15) is 4.79 Å². The van der Waals surface area contributed by atoms with Crippen LogP contribution in [0.2, 0.25) is 5.02 Å². The van der Waals surface area contributed by atoms with Gasteiger partial charge >= 0.3 is 6.03 Å². The Morgan fingerprint density at radius 2 is 1.69 bits per heavy atom. The molecule has 0 unspecified atom stereocenters. The van der Waals surface area contributed by atoms with E-state index >= 15 is 0 Å². The van der Waals surface area contributed by atoms with Gasteiger partial charge in [-0.25, -0.2) is 4.79 Å². The molecule has 1 aliphatic heterocycles. The van der Waals surface area contributed by atoms with E-state index in [-0.39, 0.29) is 30.0 Å². The first-order valence-corrected chi connectivity index (χ1v) is 9.85. The average Bonchev–Trinajstić information content (AvgIpc) is 3.25. The molecule has 2 amide bonds. The number of carbonyl (C=O) groups is 1. The molecule has 0 spiro atoms. The van der Waals surface area contributed by atoms with Crippen LogP contribution in [0.1, 0.15) is 24.0 Å². The van der Waals surface area contributed by atoms with Gasteiger partial charge in [0.05, 0.1) is 0 Å². The first-order chi connectivity index (χ1) is 13.6. The van der Waals surface area contributed by atoms with E-state index in [0.717, 1.165) is 47.8 Å². The van der Waals surface area contributed by atoms with Gasteiger partial charge in [0.2, 0.25) is 0 Å². The highest BCUT2D eigenvalue weighted by Gasteiger charge is 2.17. The molecule has 0 radical (unpaired) electrons. The summed E-state index contributed by atoms with van der Waals surface area (Å²) in [6.45, 7) is 2.93. The number of nitrogens with zero attached hydrogens (tertiary/aromatic N) is 2. The van der Waals surface area contributed by atoms with Crippen LogP contribution in [0, 0.1) is 0 Å². The largest absolute Gasteiger partial charge is 0.352 e. The van der Waals surface area contributed by atoms with Crippen molar-refractivity contribution >= 4 is 53.3 Å². The van der Waals surface area contributed by atoms with Crippen molar-refractivity contribution in [1.29, 1.82) is 0 Å². The van der Waals surface area contributed by atoms with Gasteiger partial charge in [-0.3, -0.25) is 4.99 Å². The van der Waals surface area contributed by atoms with Gasteiger partial charge in [-0.15, -0.1) is 24.0 Å². The van der Waals surface area contributed by atoms with Crippen molar-refractivity contribution in [3.05, 3.63) is 64.7 Å². The number of urea groups is 1. The smallest absolute Gasteiger partial charge is 0.321 e. The summed E-state index contributed by atoms with van der Waals surface area (Å²) < 4.78 is 0. The second-order valence-corrected chi connectivity index (χ2v) is 7.17. The minimum atomic E-state index is -0.0250. The number of benzene rings is 2. The number of halogens is 2. The number of nitrogens with one attached hydrogen (secondary N) is 3. The Kier molecular flexibility index (Phi) is 9.53. The molecule has 8 heteroatoms. The molecule has 3 N–H and O–H groups in total. The van der Waals surface area contributed by atoms with Gasteiger partial charge in [-0.05, 0) is 48.2 Å². The molecule has 0 bridgehead atoms. The summed E-state index contributed by atoms with van der Waals surface area (Å²) in [4.78, 5) is 18.3. The van der Waals surface area contributed by atoms with Crippen molar-refractivity contribution in [3.63, 3.8) is 0 Å². The monoisotopic (exact) mass is 527 g/mol. The maximum absolute atomic E-state index is 12.2. The zero-order valence-corrected chi connectivity index (χ0v) is 19.5. The molecule has 0 aromatic heterocycles. The van der Waals surface area contributed by atoms with E-state index in [1.807, 2.05) is 53.4 Å². The van der Waals surface area contributed by atoms with E-state index in [1.54, 1.807) is 7.05 Å². The van der Waals surface area contributed by atoms with Crippen molar-refractivity contribution in [1.82, 2.24) is 15.5 Å². The van der Waals surface area contributed by atoms with Crippen molar-refractivity contribution in [2.24, 2.45) is 4.99 Å². The predicted molar refractivity (Wildman–Crippen MR) is 130 cm³/mol. The molecule has 0 saturated carbocycles. The molecule has 156 valence electrons. The quantitative estimate of drug-likeness (QED) is 0.306. The van der Waals surface area contributed by atoms with Crippen LogP contribution in [0.3, 0.4) is 0 Å².